The fourth-order valence-corrected chi connectivity index (χ4v) is 1.90. The van der Waals surface area contributed by atoms with Gasteiger partial charge in [-0.3, -0.25) is 4.79 Å². The molecule has 0 aromatic rings. The number of carboxylic acids is 1. The Hall–Kier alpha value is -1.35. The monoisotopic (exact) mass is 338 g/mol. The molecule has 0 aromatic heterocycles. The number of allylic oxidation sites excluding steroid dienone is 6. The lowest BCUT2D eigenvalue weighted by Crippen LogP contribution is -1.93. The van der Waals surface area contributed by atoms with Crippen molar-refractivity contribution >= 4 is 5.97 Å². The van der Waals surface area contributed by atoms with Gasteiger partial charge in [0.05, 0.1) is 0 Å². The third-order valence-electron chi connectivity index (χ3n) is 3.27. The van der Waals surface area contributed by atoms with E-state index < -0.39 is 5.97 Å². The molecule has 0 aliphatic heterocycles. The van der Waals surface area contributed by atoms with Crippen LogP contribution in [-0.2, 0) is 4.79 Å². The molecule has 0 atom stereocenters. The van der Waals surface area contributed by atoms with E-state index >= 15 is 0 Å². The van der Waals surface area contributed by atoms with Crippen LogP contribution in [0, 0.1) is 0 Å². The number of rotatable bonds is 14. The van der Waals surface area contributed by atoms with Crippen LogP contribution in [0.5, 0.6) is 0 Å². The van der Waals surface area contributed by atoms with E-state index in [1.807, 2.05) is 6.92 Å². The minimum Gasteiger partial charge on any atom is -0.481 e. The van der Waals surface area contributed by atoms with Crippen molar-refractivity contribution in [1.82, 2.24) is 0 Å². The molecule has 3 heteroatoms. The van der Waals surface area contributed by atoms with Gasteiger partial charge in [-0.1, -0.05) is 69.6 Å². The Bertz CT molecular complexity index is 328. The lowest BCUT2D eigenvalue weighted by atomic mass is 10.1. The summed E-state index contributed by atoms with van der Waals surface area (Å²) < 4.78 is 0. The maximum Gasteiger partial charge on any atom is 0.303 e. The molecule has 0 bridgehead atoms. The first-order valence-corrected chi connectivity index (χ1v) is 9.46. The molecular formula is C21H38O3. The molecule has 2 N–H and O–H groups in total. The third kappa shape index (κ3) is 28.8. The quantitative estimate of drug-likeness (QED) is 0.299. The van der Waals surface area contributed by atoms with Crippen LogP contribution in [0.25, 0.3) is 0 Å². The number of aliphatic hydroxyl groups excluding tert-OH is 1. The normalized spacial score (nSPS) is 11.3. The molecule has 0 rings (SSSR count). The fraction of sp³-hybridized carbons (Fsp3) is 0.667. The molecule has 140 valence electrons. The van der Waals surface area contributed by atoms with Crippen LogP contribution >= 0.6 is 0 Å². The Labute approximate surface area is 149 Å². The molecule has 0 aromatic carbocycles. The SMILES string of the molecule is CC/C=C\C/C=C\C/C=C\CCCCCCCC(=O)O.CCCO. The predicted octanol–water partition coefficient (Wildman–Crippen LogP) is 6.05. The van der Waals surface area contributed by atoms with Crippen LogP contribution in [0.2, 0.25) is 0 Å². The molecule has 24 heavy (non-hydrogen) atoms. The lowest BCUT2D eigenvalue weighted by Gasteiger charge is -1.98. The Morgan fingerprint density at radius 3 is 1.83 bits per heavy atom. The third-order valence-corrected chi connectivity index (χ3v) is 3.27. The van der Waals surface area contributed by atoms with Gasteiger partial charge in [-0.05, 0) is 44.9 Å². The summed E-state index contributed by atoms with van der Waals surface area (Å²) in [4.78, 5) is 10.3. The largest absolute Gasteiger partial charge is 0.481 e. The van der Waals surface area contributed by atoms with Crippen molar-refractivity contribution < 1.29 is 15.0 Å². The van der Waals surface area contributed by atoms with Gasteiger partial charge in [-0.2, -0.15) is 0 Å². The maximum absolute atomic E-state index is 10.3. The van der Waals surface area contributed by atoms with Gasteiger partial charge in [0.15, 0.2) is 0 Å². The first-order valence-electron chi connectivity index (χ1n) is 9.46. The Balaban J connectivity index is 0. The molecular weight excluding hydrogens is 300 g/mol. The Morgan fingerprint density at radius 2 is 1.29 bits per heavy atom. The van der Waals surface area contributed by atoms with Gasteiger partial charge in [0, 0.05) is 13.0 Å². The van der Waals surface area contributed by atoms with E-state index in [1.165, 1.54) is 12.8 Å². The molecule has 0 saturated carbocycles. The summed E-state index contributed by atoms with van der Waals surface area (Å²) in [6.45, 7) is 4.40. The molecule has 0 aliphatic carbocycles. The van der Waals surface area contributed by atoms with Crippen LogP contribution in [-0.4, -0.2) is 22.8 Å². The maximum atomic E-state index is 10.3. The minimum absolute atomic E-state index is 0.319. The first-order chi connectivity index (χ1) is 11.7. The number of aliphatic hydroxyl groups is 1. The van der Waals surface area contributed by atoms with Gasteiger partial charge < -0.3 is 10.2 Å². The van der Waals surface area contributed by atoms with Crippen molar-refractivity contribution in [2.24, 2.45) is 0 Å². The zero-order chi connectivity index (χ0) is 18.3. The average molecular weight is 339 g/mol. The molecule has 0 fully saturated rings. The van der Waals surface area contributed by atoms with Gasteiger partial charge in [0.25, 0.3) is 0 Å². The van der Waals surface area contributed by atoms with Crippen molar-refractivity contribution in [3.8, 4) is 0 Å². The van der Waals surface area contributed by atoms with Crippen molar-refractivity contribution in [2.45, 2.75) is 84.5 Å². The molecule has 0 radical (unpaired) electrons. The topological polar surface area (TPSA) is 57.5 Å². The van der Waals surface area contributed by atoms with E-state index in [0.29, 0.717) is 13.0 Å². The van der Waals surface area contributed by atoms with Crippen LogP contribution < -0.4 is 0 Å². The number of unbranched alkanes of at least 4 members (excludes halogenated alkanes) is 5. The number of hydrogen-bond acceptors (Lipinski definition) is 2. The van der Waals surface area contributed by atoms with E-state index in [9.17, 15) is 4.79 Å². The Kier molecular flexibility index (Phi) is 24.8. The van der Waals surface area contributed by atoms with Crippen LogP contribution in [0.3, 0.4) is 0 Å². The van der Waals surface area contributed by atoms with Crippen LogP contribution in [0.15, 0.2) is 36.5 Å². The van der Waals surface area contributed by atoms with Gasteiger partial charge >= 0.3 is 5.97 Å². The lowest BCUT2D eigenvalue weighted by molar-refractivity contribution is -0.137. The summed E-state index contributed by atoms with van der Waals surface area (Å²) >= 11 is 0. The van der Waals surface area contributed by atoms with E-state index in [2.05, 4.69) is 43.4 Å². The van der Waals surface area contributed by atoms with Gasteiger partial charge in [0.2, 0.25) is 0 Å². The molecule has 0 spiro atoms. The summed E-state index contributed by atoms with van der Waals surface area (Å²) in [6.07, 6.45) is 24.3. The molecule has 0 amide bonds. The number of carboxylic acid groups (broad SMARTS) is 1. The van der Waals surface area contributed by atoms with Crippen molar-refractivity contribution in [3.63, 3.8) is 0 Å². The van der Waals surface area contributed by atoms with Gasteiger partial charge in [-0.15, -0.1) is 0 Å². The number of carbonyl (C=O) groups is 1. The zero-order valence-electron chi connectivity index (χ0n) is 15.8. The number of hydrogen-bond donors (Lipinski definition) is 2. The second kappa shape index (κ2) is 23.9. The van der Waals surface area contributed by atoms with Crippen molar-refractivity contribution in [1.29, 1.82) is 0 Å². The van der Waals surface area contributed by atoms with Crippen LogP contribution in [0.4, 0.5) is 0 Å². The summed E-state index contributed by atoms with van der Waals surface area (Å²) in [5, 5.41) is 16.4. The predicted molar refractivity (Wildman–Crippen MR) is 104 cm³/mol. The smallest absolute Gasteiger partial charge is 0.303 e. The summed E-state index contributed by atoms with van der Waals surface area (Å²) in [5.41, 5.74) is 0. The standard InChI is InChI=1S/C18H30O2.C3H8O/c1-2-3-4-5-6-7-8-9-10-11-12-13-14-15-16-17-18(19)20;1-2-3-4/h3-4,6-7,9-10H,2,5,8,11-17H2,1H3,(H,19,20);4H,2-3H2,1H3/b4-3-,7-6-,10-9-;. The molecule has 0 unspecified atom stereocenters. The fourth-order valence-electron chi connectivity index (χ4n) is 1.90. The summed E-state index contributed by atoms with van der Waals surface area (Å²) in [6, 6.07) is 0. The first kappa shape index (κ1) is 24.9. The zero-order valence-corrected chi connectivity index (χ0v) is 15.8. The van der Waals surface area contributed by atoms with E-state index in [0.717, 1.165) is 51.4 Å². The second-order valence-corrected chi connectivity index (χ2v) is 5.72. The van der Waals surface area contributed by atoms with Gasteiger partial charge in [-0.25, -0.2) is 0 Å². The highest BCUT2D eigenvalue weighted by Crippen LogP contribution is 2.07. The minimum atomic E-state index is -0.675. The Morgan fingerprint density at radius 1 is 0.792 bits per heavy atom. The summed E-state index contributed by atoms with van der Waals surface area (Å²) in [7, 11) is 0. The average Bonchev–Trinajstić information content (AvgIpc) is 2.58. The summed E-state index contributed by atoms with van der Waals surface area (Å²) in [5.74, 6) is -0.675. The van der Waals surface area contributed by atoms with E-state index in [1.54, 1.807) is 0 Å². The highest BCUT2D eigenvalue weighted by atomic mass is 16.4. The molecule has 0 heterocycles. The van der Waals surface area contributed by atoms with Crippen molar-refractivity contribution in [3.05, 3.63) is 36.5 Å². The van der Waals surface area contributed by atoms with Crippen LogP contribution in [0.1, 0.15) is 84.5 Å². The second-order valence-electron chi connectivity index (χ2n) is 5.72. The molecule has 0 saturated heterocycles. The van der Waals surface area contributed by atoms with Gasteiger partial charge in [0.1, 0.15) is 0 Å². The molecule has 0 aliphatic rings. The highest BCUT2D eigenvalue weighted by molar-refractivity contribution is 5.66. The van der Waals surface area contributed by atoms with E-state index in [4.69, 9.17) is 10.2 Å². The highest BCUT2D eigenvalue weighted by Gasteiger charge is 1.95. The number of aliphatic carboxylic acids is 1. The van der Waals surface area contributed by atoms with E-state index in [-0.39, 0.29) is 0 Å². The molecule has 3 nitrogen and oxygen atoms in total. The van der Waals surface area contributed by atoms with Crippen molar-refractivity contribution in [2.75, 3.05) is 6.61 Å².